The molecule has 0 amide bonds. The number of nitrogens with zero attached hydrogens (tertiary/aromatic N) is 1. The van der Waals surface area contributed by atoms with Crippen LogP contribution in [0.25, 0.3) is 0 Å². The summed E-state index contributed by atoms with van der Waals surface area (Å²) in [7, 11) is 0. The molecule has 3 saturated heterocycles. The minimum Gasteiger partial charge on any atom is -0.309 e. The van der Waals surface area contributed by atoms with Crippen molar-refractivity contribution in [3.8, 4) is 0 Å². The molecule has 4 rings (SSSR count). The third-order valence-corrected chi connectivity index (χ3v) is 5.27. The van der Waals surface area contributed by atoms with Gasteiger partial charge in [-0.25, -0.2) is 0 Å². The molecule has 1 saturated carbocycles. The summed E-state index contributed by atoms with van der Waals surface area (Å²) >= 11 is 0. The van der Waals surface area contributed by atoms with Gasteiger partial charge in [-0.2, -0.15) is 13.2 Å². The molecule has 3 aliphatic heterocycles. The van der Waals surface area contributed by atoms with Gasteiger partial charge >= 0.3 is 6.18 Å². The quantitative estimate of drug-likeness (QED) is 0.834. The SMILES string of the molecule is FC(F)(F)C1CCCCC1NC1CN2CCC1CC2. The second-order valence-corrected chi connectivity index (χ2v) is 6.45. The number of alkyl halides is 3. The highest BCUT2D eigenvalue weighted by atomic mass is 19.4. The first-order valence-electron chi connectivity index (χ1n) is 7.59. The highest BCUT2D eigenvalue weighted by Crippen LogP contribution is 2.39. The number of hydrogen-bond acceptors (Lipinski definition) is 2. The van der Waals surface area contributed by atoms with E-state index >= 15 is 0 Å². The van der Waals surface area contributed by atoms with Gasteiger partial charge in [0.2, 0.25) is 0 Å². The van der Waals surface area contributed by atoms with Crippen molar-refractivity contribution in [1.82, 2.24) is 10.2 Å². The van der Waals surface area contributed by atoms with Crippen LogP contribution in [-0.2, 0) is 0 Å². The lowest BCUT2D eigenvalue weighted by atomic mass is 9.80. The van der Waals surface area contributed by atoms with Gasteiger partial charge in [-0.15, -0.1) is 0 Å². The van der Waals surface area contributed by atoms with Crippen LogP contribution < -0.4 is 5.32 Å². The molecule has 2 nitrogen and oxygen atoms in total. The molecule has 0 radical (unpaired) electrons. The zero-order valence-corrected chi connectivity index (χ0v) is 11.3. The number of piperidine rings is 3. The maximum Gasteiger partial charge on any atom is 0.393 e. The average Bonchev–Trinajstić information content (AvgIpc) is 2.39. The molecule has 19 heavy (non-hydrogen) atoms. The molecule has 5 heteroatoms. The van der Waals surface area contributed by atoms with Crippen LogP contribution in [-0.4, -0.2) is 42.8 Å². The molecule has 1 N–H and O–H groups in total. The molecule has 110 valence electrons. The first-order chi connectivity index (χ1) is 9.04. The van der Waals surface area contributed by atoms with E-state index in [1.54, 1.807) is 0 Å². The first kappa shape index (κ1) is 13.7. The van der Waals surface area contributed by atoms with Gasteiger partial charge < -0.3 is 10.2 Å². The van der Waals surface area contributed by atoms with Crippen LogP contribution in [0.15, 0.2) is 0 Å². The Balaban J connectivity index is 1.64. The van der Waals surface area contributed by atoms with Gasteiger partial charge in [0.1, 0.15) is 0 Å². The lowest BCUT2D eigenvalue weighted by molar-refractivity contribution is -0.190. The summed E-state index contributed by atoms with van der Waals surface area (Å²) in [6.07, 6.45) is 0.928. The molecular formula is C14H23F3N2. The molecular weight excluding hydrogens is 253 g/mol. The van der Waals surface area contributed by atoms with Crippen LogP contribution in [0.3, 0.4) is 0 Å². The Morgan fingerprint density at radius 1 is 0.895 bits per heavy atom. The molecule has 0 spiro atoms. The van der Waals surface area contributed by atoms with Crippen LogP contribution >= 0.6 is 0 Å². The molecule has 2 bridgehead atoms. The second-order valence-electron chi connectivity index (χ2n) is 6.45. The Kier molecular flexibility index (Phi) is 3.78. The fraction of sp³-hybridized carbons (Fsp3) is 1.00. The van der Waals surface area contributed by atoms with E-state index in [1.807, 2.05) is 0 Å². The van der Waals surface area contributed by atoms with Gasteiger partial charge in [-0.3, -0.25) is 0 Å². The number of nitrogens with one attached hydrogen (secondary N) is 1. The predicted molar refractivity (Wildman–Crippen MR) is 67.9 cm³/mol. The fourth-order valence-electron chi connectivity index (χ4n) is 4.15. The van der Waals surface area contributed by atoms with Gasteiger partial charge in [0, 0.05) is 18.6 Å². The van der Waals surface area contributed by atoms with E-state index in [1.165, 1.54) is 0 Å². The summed E-state index contributed by atoms with van der Waals surface area (Å²) in [5, 5.41) is 3.38. The highest BCUT2D eigenvalue weighted by molar-refractivity contribution is 4.95. The van der Waals surface area contributed by atoms with E-state index in [0.717, 1.165) is 45.3 Å². The monoisotopic (exact) mass is 276 g/mol. The third kappa shape index (κ3) is 2.92. The Bertz CT molecular complexity index is 310. The van der Waals surface area contributed by atoms with Gasteiger partial charge in [0.15, 0.2) is 0 Å². The summed E-state index contributed by atoms with van der Waals surface area (Å²) in [5.74, 6) is -0.530. The molecule has 3 unspecified atom stereocenters. The lowest BCUT2D eigenvalue weighted by Crippen LogP contribution is -2.60. The summed E-state index contributed by atoms with van der Waals surface area (Å²) in [6.45, 7) is 3.22. The normalized spacial score (nSPS) is 43.4. The third-order valence-electron chi connectivity index (χ3n) is 5.27. The zero-order valence-electron chi connectivity index (χ0n) is 11.3. The topological polar surface area (TPSA) is 15.3 Å². The van der Waals surface area contributed by atoms with Crippen molar-refractivity contribution in [2.24, 2.45) is 11.8 Å². The van der Waals surface area contributed by atoms with Crippen LogP contribution in [0.4, 0.5) is 13.2 Å². The van der Waals surface area contributed by atoms with Crippen LogP contribution in [0, 0.1) is 11.8 Å². The minimum absolute atomic E-state index is 0.287. The van der Waals surface area contributed by atoms with E-state index in [4.69, 9.17) is 0 Å². The summed E-state index contributed by atoms with van der Waals surface area (Å²) in [4.78, 5) is 2.39. The first-order valence-corrected chi connectivity index (χ1v) is 7.59. The average molecular weight is 276 g/mol. The maximum atomic E-state index is 13.1. The van der Waals surface area contributed by atoms with Crippen molar-refractivity contribution in [1.29, 1.82) is 0 Å². The van der Waals surface area contributed by atoms with E-state index < -0.39 is 12.1 Å². The standard InChI is InChI=1S/C14H23F3N2/c15-14(16,17)11-3-1-2-4-12(11)18-13-9-19-7-5-10(13)6-8-19/h10-13,18H,1-9H2. The van der Waals surface area contributed by atoms with E-state index in [2.05, 4.69) is 10.2 Å². The molecule has 3 atom stereocenters. The van der Waals surface area contributed by atoms with Gasteiger partial charge in [0.05, 0.1) is 5.92 Å². The summed E-state index contributed by atoms with van der Waals surface area (Å²) in [5.41, 5.74) is 0. The number of halogens is 3. The van der Waals surface area contributed by atoms with Crippen LogP contribution in [0.2, 0.25) is 0 Å². The maximum absolute atomic E-state index is 13.1. The molecule has 1 aliphatic carbocycles. The molecule has 0 aromatic heterocycles. The second kappa shape index (κ2) is 5.24. The smallest absolute Gasteiger partial charge is 0.309 e. The van der Waals surface area contributed by atoms with Crippen LogP contribution in [0.1, 0.15) is 38.5 Å². The molecule has 0 aromatic carbocycles. The van der Waals surface area contributed by atoms with Crippen molar-refractivity contribution < 1.29 is 13.2 Å². The number of fused-ring (bicyclic) bond motifs is 3. The number of hydrogen-bond donors (Lipinski definition) is 1. The van der Waals surface area contributed by atoms with Crippen molar-refractivity contribution in [3.63, 3.8) is 0 Å². The predicted octanol–water partition coefficient (Wildman–Crippen LogP) is 2.79. The Labute approximate surface area is 112 Å². The van der Waals surface area contributed by atoms with E-state index in [-0.39, 0.29) is 12.1 Å². The van der Waals surface area contributed by atoms with Gasteiger partial charge in [-0.05, 0) is 44.7 Å². The van der Waals surface area contributed by atoms with Crippen molar-refractivity contribution in [2.45, 2.75) is 56.8 Å². The van der Waals surface area contributed by atoms with E-state index in [9.17, 15) is 13.2 Å². The largest absolute Gasteiger partial charge is 0.393 e. The zero-order chi connectivity index (χ0) is 13.5. The Morgan fingerprint density at radius 3 is 2.16 bits per heavy atom. The van der Waals surface area contributed by atoms with Gasteiger partial charge in [-0.1, -0.05) is 12.8 Å². The van der Waals surface area contributed by atoms with Crippen molar-refractivity contribution in [2.75, 3.05) is 19.6 Å². The Morgan fingerprint density at radius 2 is 1.58 bits per heavy atom. The van der Waals surface area contributed by atoms with Crippen LogP contribution in [0.5, 0.6) is 0 Å². The van der Waals surface area contributed by atoms with Crippen molar-refractivity contribution >= 4 is 0 Å². The summed E-state index contributed by atoms with van der Waals surface area (Å²) in [6, 6.07) is -0.0604. The minimum atomic E-state index is -4.04. The van der Waals surface area contributed by atoms with Crippen molar-refractivity contribution in [3.05, 3.63) is 0 Å². The Hall–Kier alpha value is -0.290. The molecule has 3 heterocycles. The number of rotatable bonds is 2. The molecule has 4 aliphatic rings. The fourth-order valence-corrected chi connectivity index (χ4v) is 4.15. The van der Waals surface area contributed by atoms with Gasteiger partial charge in [0.25, 0.3) is 0 Å². The highest BCUT2D eigenvalue weighted by Gasteiger charge is 2.47. The molecule has 4 fully saturated rings. The van der Waals surface area contributed by atoms with E-state index in [0.29, 0.717) is 18.8 Å². The lowest BCUT2D eigenvalue weighted by Gasteiger charge is -2.47. The molecule has 0 aromatic rings. The summed E-state index contributed by atoms with van der Waals surface area (Å²) < 4.78 is 39.2.